The molecular weight excluding hydrogens is 292 g/mol. The van der Waals surface area contributed by atoms with Crippen LogP contribution < -0.4 is 5.32 Å². The molecule has 1 aromatic rings. The summed E-state index contributed by atoms with van der Waals surface area (Å²) in [5.74, 6) is -3.61. The maximum atomic E-state index is 13.7. The van der Waals surface area contributed by atoms with Gasteiger partial charge in [0.2, 0.25) is 5.91 Å². The number of halogens is 2. The van der Waals surface area contributed by atoms with Gasteiger partial charge in [-0.05, 0) is 38.7 Å². The molecule has 120 valence electrons. The molecule has 1 saturated carbocycles. The maximum Gasteiger partial charge on any atom is 0.306 e. The van der Waals surface area contributed by atoms with Crippen LogP contribution >= 0.6 is 0 Å². The van der Waals surface area contributed by atoms with Gasteiger partial charge in [-0.2, -0.15) is 0 Å². The highest BCUT2D eigenvalue weighted by molar-refractivity contribution is 5.79. The van der Waals surface area contributed by atoms with Crippen molar-refractivity contribution in [3.8, 4) is 0 Å². The summed E-state index contributed by atoms with van der Waals surface area (Å²) in [6.45, 7) is 1.60. The fourth-order valence-electron chi connectivity index (χ4n) is 2.87. The molecule has 22 heavy (non-hydrogen) atoms. The molecule has 1 atom stereocenters. The number of nitrogens with one attached hydrogen (secondary N) is 1. The van der Waals surface area contributed by atoms with E-state index in [0.717, 1.165) is 6.07 Å². The molecule has 1 aromatic carbocycles. The van der Waals surface area contributed by atoms with Crippen molar-refractivity contribution in [2.75, 3.05) is 0 Å². The molecule has 0 radical (unpaired) electrons. The number of benzene rings is 1. The zero-order valence-corrected chi connectivity index (χ0v) is 12.3. The first kappa shape index (κ1) is 16.4. The molecule has 6 heteroatoms. The molecule has 4 nitrogen and oxygen atoms in total. The van der Waals surface area contributed by atoms with E-state index in [1.54, 1.807) is 6.92 Å². The Morgan fingerprint density at radius 2 is 1.77 bits per heavy atom. The Morgan fingerprint density at radius 1 is 1.18 bits per heavy atom. The van der Waals surface area contributed by atoms with Crippen LogP contribution in [-0.2, 0) is 9.59 Å². The number of carbonyl (C=O) groups excluding carboxylic acids is 1. The number of carbonyl (C=O) groups is 2. The summed E-state index contributed by atoms with van der Waals surface area (Å²) in [4.78, 5) is 23.1. The summed E-state index contributed by atoms with van der Waals surface area (Å²) in [6, 6.07) is 3.22. The molecule has 0 heterocycles. The standard InChI is InChI=1S/C16H19F2NO3/c1-9(12-3-2-4-13(17)14(12)18)19-15(20)10-5-7-11(8-6-10)16(21)22/h2-4,9-11H,5-8H2,1H3,(H,19,20)(H,21,22). The molecule has 0 aliphatic heterocycles. The van der Waals surface area contributed by atoms with Crippen LogP contribution in [0.5, 0.6) is 0 Å². The van der Waals surface area contributed by atoms with Crippen LogP contribution in [0.4, 0.5) is 8.78 Å². The fourth-order valence-corrected chi connectivity index (χ4v) is 2.87. The molecular formula is C16H19F2NO3. The van der Waals surface area contributed by atoms with Gasteiger partial charge in [-0.25, -0.2) is 8.78 Å². The van der Waals surface area contributed by atoms with Crippen LogP contribution in [0, 0.1) is 23.5 Å². The average molecular weight is 311 g/mol. The van der Waals surface area contributed by atoms with Gasteiger partial charge in [0.25, 0.3) is 0 Å². The first-order chi connectivity index (χ1) is 10.4. The van der Waals surface area contributed by atoms with Crippen molar-refractivity contribution in [2.45, 2.75) is 38.6 Å². The number of amides is 1. The first-order valence-corrected chi connectivity index (χ1v) is 7.37. The lowest BCUT2D eigenvalue weighted by molar-refractivity contribution is -0.144. The minimum Gasteiger partial charge on any atom is -0.481 e. The number of carboxylic acids is 1. The monoisotopic (exact) mass is 311 g/mol. The molecule has 1 amide bonds. The van der Waals surface area contributed by atoms with E-state index in [0.29, 0.717) is 25.7 Å². The number of hydrogen-bond acceptors (Lipinski definition) is 2. The molecule has 1 aliphatic carbocycles. The lowest BCUT2D eigenvalue weighted by atomic mass is 9.81. The largest absolute Gasteiger partial charge is 0.481 e. The van der Waals surface area contributed by atoms with E-state index in [1.807, 2.05) is 0 Å². The maximum absolute atomic E-state index is 13.7. The second-order valence-electron chi connectivity index (χ2n) is 5.76. The zero-order chi connectivity index (χ0) is 16.3. The van der Waals surface area contributed by atoms with Crippen molar-refractivity contribution in [2.24, 2.45) is 11.8 Å². The lowest BCUT2D eigenvalue weighted by Crippen LogP contribution is -2.36. The van der Waals surface area contributed by atoms with Gasteiger partial charge in [-0.15, -0.1) is 0 Å². The zero-order valence-electron chi connectivity index (χ0n) is 12.3. The van der Waals surface area contributed by atoms with E-state index in [2.05, 4.69) is 5.32 Å². The number of carboxylic acid groups (broad SMARTS) is 1. The molecule has 0 spiro atoms. The SMILES string of the molecule is CC(NC(=O)C1CCC(C(=O)O)CC1)c1cccc(F)c1F. The van der Waals surface area contributed by atoms with Crippen molar-refractivity contribution in [1.29, 1.82) is 0 Å². The molecule has 1 fully saturated rings. The second kappa shape index (κ2) is 6.85. The van der Waals surface area contributed by atoms with E-state index in [1.165, 1.54) is 12.1 Å². The van der Waals surface area contributed by atoms with E-state index >= 15 is 0 Å². The Kier molecular flexibility index (Phi) is 5.11. The van der Waals surface area contributed by atoms with Gasteiger partial charge in [0.15, 0.2) is 11.6 Å². The van der Waals surface area contributed by atoms with Gasteiger partial charge in [-0.1, -0.05) is 12.1 Å². The molecule has 0 aromatic heterocycles. The Balaban J connectivity index is 1.95. The van der Waals surface area contributed by atoms with Crippen LogP contribution in [0.25, 0.3) is 0 Å². The summed E-state index contributed by atoms with van der Waals surface area (Å²) in [5, 5.41) is 11.6. The van der Waals surface area contributed by atoms with E-state index < -0.39 is 23.6 Å². The van der Waals surface area contributed by atoms with Gasteiger partial charge in [-0.3, -0.25) is 9.59 Å². The normalized spacial score (nSPS) is 22.9. The highest BCUT2D eigenvalue weighted by Gasteiger charge is 2.30. The third kappa shape index (κ3) is 3.61. The summed E-state index contributed by atoms with van der Waals surface area (Å²) in [5.41, 5.74) is 0.104. The summed E-state index contributed by atoms with van der Waals surface area (Å²) < 4.78 is 26.9. The van der Waals surface area contributed by atoms with Crippen LogP contribution in [0.2, 0.25) is 0 Å². The van der Waals surface area contributed by atoms with Crippen molar-refractivity contribution in [3.63, 3.8) is 0 Å². The molecule has 1 unspecified atom stereocenters. The Bertz CT molecular complexity index is 569. The molecule has 2 N–H and O–H groups in total. The lowest BCUT2D eigenvalue weighted by Gasteiger charge is -2.26. The van der Waals surface area contributed by atoms with Gasteiger partial charge >= 0.3 is 5.97 Å². The topological polar surface area (TPSA) is 66.4 Å². The van der Waals surface area contributed by atoms with Crippen LogP contribution in [0.15, 0.2) is 18.2 Å². The fraction of sp³-hybridized carbons (Fsp3) is 0.500. The summed E-state index contributed by atoms with van der Waals surface area (Å²) >= 11 is 0. The first-order valence-electron chi connectivity index (χ1n) is 7.37. The van der Waals surface area contributed by atoms with E-state index in [4.69, 9.17) is 5.11 Å². The van der Waals surface area contributed by atoms with E-state index in [9.17, 15) is 18.4 Å². The molecule has 1 aliphatic rings. The molecule has 0 bridgehead atoms. The highest BCUT2D eigenvalue weighted by atomic mass is 19.2. The predicted octanol–water partition coefficient (Wildman–Crippen LogP) is 3.03. The number of aliphatic carboxylic acids is 1. The van der Waals surface area contributed by atoms with E-state index in [-0.39, 0.29) is 23.3 Å². The van der Waals surface area contributed by atoms with Crippen molar-refractivity contribution < 1.29 is 23.5 Å². The quantitative estimate of drug-likeness (QED) is 0.898. The molecule has 2 rings (SSSR count). The van der Waals surface area contributed by atoms with Crippen LogP contribution in [0.3, 0.4) is 0 Å². The Labute approximate surface area is 127 Å². The van der Waals surface area contributed by atoms with Gasteiger partial charge in [0.05, 0.1) is 12.0 Å². The predicted molar refractivity (Wildman–Crippen MR) is 76.0 cm³/mol. The Hall–Kier alpha value is -1.98. The smallest absolute Gasteiger partial charge is 0.306 e. The van der Waals surface area contributed by atoms with Gasteiger partial charge < -0.3 is 10.4 Å². The number of rotatable bonds is 4. The van der Waals surface area contributed by atoms with Gasteiger partial charge in [0, 0.05) is 11.5 Å². The summed E-state index contributed by atoms with van der Waals surface area (Å²) in [7, 11) is 0. The summed E-state index contributed by atoms with van der Waals surface area (Å²) in [6.07, 6.45) is 1.94. The van der Waals surface area contributed by atoms with Crippen molar-refractivity contribution >= 4 is 11.9 Å². The molecule has 0 saturated heterocycles. The minimum atomic E-state index is -0.954. The van der Waals surface area contributed by atoms with Crippen molar-refractivity contribution in [1.82, 2.24) is 5.32 Å². The average Bonchev–Trinajstić information content (AvgIpc) is 2.50. The van der Waals surface area contributed by atoms with Gasteiger partial charge in [0.1, 0.15) is 0 Å². The second-order valence-corrected chi connectivity index (χ2v) is 5.76. The highest BCUT2D eigenvalue weighted by Crippen LogP contribution is 2.30. The third-order valence-corrected chi connectivity index (χ3v) is 4.25. The van der Waals surface area contributed by atoms with Crippen LogP contribution in [-0.4, -0.2) is 17.0 Å². The van der Waals surface area contributed by atoms with Crippen LogP contribution in [0.1, 0.15) is 44.2 Å². The third-order valence-electron chi connectivity index (χ3n) is 4.25. The Morgan fingerprint density at radius 3 is 2.36 bits per heavy atom. The van der Waals surface area contributed by atoms with Crippen molar-refractivity contribution in [3.05, 3.63) is 35.4 Å². The minimum absolute atomic E-state index is 0.104. The number of hydrogen-bond donors (Lipinski definition) is 2.